The lowest BCUT2D eigenvalue weighted by Gasteiger charge is -2.29. The highest BCUT2D eigenvalue weighted by Gasteiger charge is 2.30. The number of hydrogen-bond donors (Lipinski definition) is 2. The molecule has 2 amide bonds. The molecule has 2 aliphatic rings. The zero-order chi connectivity index (χ0) is 21.4. The standard InChI is InChI=1S/C24H27N3O3S/c1-25-24(29)22-21(17-4-2-3-5-20(17)31-22)16-8-6-14(7-9-16)13-26-23(28)18-12-19(30-27-18)15-10-11-15/h2-5,12,14-16H,6-11,13H2,1H3,(H,25,29)(H,26,28). The zero-order valence-corrected chi connectivity index (χ0v) is 18.5. The Morgan fingerprint density at radius 1 is 1.06 bits per heavy atom. The highest BCUT2D eigenvalue weighted by atomic mass is 32.1. The van der Waals surface area contributed by atoms with E-state index in [4.69, 9.17) is 4.52 Å². The van der Waals surface area contributed by atoms with Crippen molar-refractivity contribution >= 4 is 33.2 Å². The molecule has 0 atom stereocenters. The van der Waals surface area contributed by atoms with Crippen molar-refractivity contribution in [3.05, 3.63) is 52.2 Å². The molecule has 31 heavy (non-hydrogen) atoms. The molecule has 2 heterocycles. The van der Waals surface area contributed by atoms with Gasteiger partial charge in [0.1, 0.15) is 5.76 Å². The van der Waals surface area contributed by atoms with Crippen molar-refractivity contribution in [2.75, 3.05) is 13.6 Å². The van der Waals surface area contributed by atoms with E-state index in [1.54, 1.807) is 24.5 Å². The number of fused-ring (bicyclic) bond motifs is 1. The lowest BCUT2D eigenvalue weighted by molar-refractivity contribution is 0.0930. The quantitative estimate of drug-likeness (QED) is 0.578. The molecular weight excluding hydrogens is 410 g/mol. The smallest absolute Gasteiger partial charge is 0.273 e. The van der Waals surface area contributed by atoms with E-state index in [1.165, 1.54) is 15.6 Å². The molecule has 0 spiro atoms. The Morgan fingerprint density at radius 3 is 2.55 bits per heavy atom. The van der Waals surface area contributed by atoms with Gasteiger partial charge >= 0.3 is 0 Å². The monoisotopic (exact) mass is 437 g/mol. The number of nitrogens with zero attached hydrogens (tertiary/aromatic N) is 1. The predicted octanol–water partition coefficient (Wildman–Crippen LogP) is 4.83. The first-order chi connectivity index (χ1) is 15.1. The van der Waals surface area contributed by atoms with Crippen LogP contribution in [0, 0.1) is 5.92 Å². The molecule has 6 nitrogen and oxygen atoms in total. The van der Waals surface area contributed by atoms with Crippen LogP contribution in [0.3, 0.4) is 0 Å². The van der Waals surface area contributed by atoms with Crippen LogP contribution in [0.25, 0.3) is 10.1 Å². The van der Waals surface area contributed by atoms with Crippen LogP contribution in [-0.2, 0) is 0 Å². The van der Waals surface area contributed by atoms with Crippen molar-refractivity contribution in [3.8, 4) is 0 Å². The van der Waals surface area contributed by atoms with Gasteiger partial charge in [-0.3, -0.25) is 9.59 Å². The van der Waals surface area contributed by atoms with Crippen LogP contribution in [0.2, 0.25) is 0 Å². The summed E-state index contributed by atoms with van der Waals surface area (Å²) in [6, 6.07) is 10.1. The molecule has 0 aliphatic heterocycles. The summed E-state index contributed by atoms with van der Waals surface area (Å²) in [5, 5.41) is 11.0. The normalized spacial score (nSPS) is 21.2. The van der Waals surface area contributed by atoms with Crippen molar-refractivity contribution in [2.45, 2.75) is 50.4 Å². The summed E-state index contributed by atoms with van der Waals surface area (Å²) in [7, 11) is 1.69. The molecule has 2 N–H and O–H groups in total. The van der Waals surface area contributed by atoms with Gasteiger partial charge in [-0.05, 0) is 67.4 Å². The third kappa shape index (κ3) is 4.11. The van der Waals surface area contributed by atoms with E-state index in [0.717, 1.165) is 49.2 Å². The Hall–Kier alpha value is -2.67. The molecular formula is C24H27N3O3S. The van der Waals surface area contributed by atoms with Gasteiger partial charge in [0, 0.05) is 30.3 Å². The Labute approximate surface area is 185 Å². The summed E-state index contributed by atoms with van der Waals surface area (Å²) in [5.41, 5.74) is 1.59. The van der Waals surface area contributed by atoms with Gasteiger partial charge in [-0.25, -0.2) is 0 Å². The Bertz CT molecular complexity index is 1110. The molecule has 0 bridgehead atoms. The predicted molar refractivity (Wildman–Crippen MR) is 121 cm³/mol. The van der Waals surface area contributed by atoms with Gasteiger partial charge in [-0.15, -0.1) is 11.3 Å². The summed E-state index contributed by atoms with van der Waals surface area (Å²) in [5.74, 6) is 1.97. The topological polar surface area (TPSA) is 84.2 Å². The van der Waals surface area contributed by atoms with E-state index in [1.807, 2.05) is 12.1 Å². The third-order valence-corrected chi connectivity index (χ3v) is 7.80. The van der Waals surface area contributed by atoms with Gasteiger partial charge in [0.25, 0.3) is 11.8 Å². The second kappa shape index (κ2) is 8.46. The fourth-order valence-corrected chi connectivity index (χ4v) is 5.93. The summed E-state index contributed by atoms with van der Waals surface area (Å²) in [4.78, 5) is 25.8. The number of carbonyl (C=O) groups excluding carboxylic acids is 2. The SMILES string of the molecule is CNC(=O)c1sc2ccccc2c1C1CCC(CNC(=O)c2cc(C3CC3)on2)CC1. The first-order valence-corrected chi connectivity index (χ1v) is 11.9. The van der Waals surface area contributed by atoms with Gasteiger partial charge in [0.2, 0.25) is 0 Å². The minimum atomic E-state index is -0.150. The number of aromatic nitrogens is 1. The average Bonchev–Trinajstić information content (AvgIpc) is 3.40. The number of nitrogens with one attached hydrogen (secondary N) is 2. The highest BCUT2D eigenvalue weighted by molar-refractivity contribution is 7.21. The first-order valence-electron chi connectivity index (χ1n) is 11.1. The first kappa shape index (κ1) is 20.2. The third-order valence-electron chi connectivity index (χ3n) is 6.61. The summed E-state index contributed by atoms with van der Waals surface area (Å²) in [6.45, 7) is 0.657. The lowest BCUT2D eigenvalue weighted by Crippen LogP contribution is -2.31. The highest BCUT2D eigenvalue weighted by Crippen LogP contribution is 2.43. The van der Waals surface area contributed by atoms with Crippen molar-refractivity contribution in [1.82, 2.24) is 15.8 Å². The number of benzene rings is 1. The molecule has 2 aromatic heterocycles. The van der Waals surface area contributed by atoms with Crippen LogP contribution >= 0.6 is 11.3 Å². The second-order valence-electron chi connectivity index (χ2n) is 8.74. The molecule has 3 aromatic rings. The van der Waals surface area contributed by atoms with E-state index in [9.17, 15) is 9.59 Å². The summed E-state index contributed by atoms with van der Waals surface area (Å²) < 4.78 is 6.46. The number of carbonyl (C=O) groups is 2. The molecule has 7 heteroatoms. The van der Waals surface area contributed by atoms with Crippen LogP contribution < -0.4 is 10.6 Å². The van der Waals surface area contributed by atoms with Crippen molar-refractivity contribution in [2.24, 2.45) is 5.92 Å². The molecule has 2 aliphatic carbocycles. The number of hydrogen-bond acceptors (Lipinski definition) is 5. The van der Waals surface area contributed by atoms with Crippen LogP contribution in [0.5, 0.6) is 0 Å². The molecule has 0 unspecified atom stereocenters. The maximum Gasteiger partial charge on any atom is 0.273 e. The zero-order valence-electron chi connectivity index (χ0n) is 17.6. The van der Waals surface area contributed by atoms with Gasteiger partial charge in [0.05, 0.1) is 4.88 Å². The lowest BCUT2D eigenvalue weighted by atomic mass is 9.77. The van der Waals surface area contributed by atoms with E-state index < -0.39 is 0 Å². The number of rotatable bonds is 6. The fraction of sp³-hybridized carbons (Fsp3) is 0.458. The molecule has 0 radical (unpaired) electrons. The average molecular weight is 438 g/mol. The van der Waals surface area contributed by atoms with Gasteiger partial charge in [0.15, 0.2) is 5.69 Å². The Kier molecular flexibility index (Phi) is 5.52. The fourth-order valence-electron chi connectivity index (χ4n) is 4.69. The summed E-state index contributed by atoms with van der Waals surface area (Å²) >= 11 is 1.59. The Balaban J connectivity index is 1.21. The van der Waals surface area contributed by atoms with E-state index in [0.29, 0.717) is 30.0 Å². The van der Waals surface area contributed by atoms with Crippen LogP contribution in [0.4, 0.5) is 0 Å². The van der Waals surface area contributed by atoms with Crippen LogP contribution in [0.15, 0.2) is 34.9 Å². The van der Waals surface area contributed by atoms with Crippen molar-refractivity contribution < 1.29 is 14.1 Å². The Morgan fingerprint density at radius 2 is 1.81 bits per heavy atom. The van der Waals surface area contributed by atoms with Crippen LogP contribution in [0.1, 0.15) is 81.8 Å². The molecule has 2 saturated carbocycles. The molecule has 2 fully saturated rings. The molecule has 0 saturated heterocycles. The van der Waals surface area contributed by atoms with E-state index in [2.05, 4.69) is 27.9 Å². The van der Waals surface area contributed by atoms with Gasteiger partial charge in [-0.2, -0.15) is 0 Å². The maximum absolute atomic E-state index is 12.5. The molecule has 1 aromatic carbocycles. The van der Waals surface area contributed by atoms with Gasteiger partial charge in [-0.1, -0.05) is 23.4 Å². The van der Waals surface area contributed by atoms with Crippen LogP contribution in [-0.4, -0.2) is 30.6 Å². The van der Waals surface area contributed by atoms with E-state index in [-0.39, 0.29) is 11.8 Å². The minimum absolute atomic E-state index is 0.00349. The maximum atomic E-state index is 12.5. The molecule has 5 rings (SSSR count). The number of amides is 2. The minimum Gasteiger partial charge on any atom is -0.360 e. The summed E-state index contributed by atoms with van der Waals surface area (Å²) in [6.07, 6.45) is 6.38. The second-order valence-corrected chi connectivity index (χ2v) is 9.79. The van der Waals surface area contributed by atoms with Crippen molar-refractivity contribution in [1.29, 1.82) is 0 Å². The number of thiophene rings is 1. The largest absolute Gasteiger partial charge is 0.360 e. The van der Waals surface area contributed by atoms with E-state index >= 15 is 0 Å². The van der Waals surface area contributed by atoms with Gasteiger partial charge < -0.3 is 15.2 Å². The van der Waals surface area contributed by atoms with Crippen molar-refractivity contribution in [3.63, 3.8) is 0 Å². The molecule has 162 valence electrons.